The molecule has 28 heavy (non-hydrogen) atoms. The minimum atomic E-state index is 0.848. The van der Waals surface area contributed by atoms with Crippen LogP contribution in [0.25, 0.3) is 38.2 Å². The molecule has 0 unspecified atom stereocenters. The molecule has 0 spiro atoms. The van der Waals surface area contributed by atoms with Crippen LogP contribution in [0.5, 0.6) is 5.75 Å². The Morgan fingerprint density at radius 2 is 1.54 bits per heavy atom. The first kappa shape index (κ1) is 17.2. The maximum Gasteiger partial charge on any atom is 0.194 e. The fraction of sp³-hybridized carbons (Fsp3) is 0.0909. The summed E-state index contributed by atoms with van der Waals surface area (Å²) in [6.07, 6.45) is 2.10. The van der Waals surface area contributed by atoms with Crippen LogP contribution in [-0.4, -0.2) is 21.5 Å². The van der Waals surface area contributed by atoms with E-state index < -0.39 is 0 Å². The van der Waals surface area contributed by atoms with Crippen LogP contribution in [0.1, 0.15) is 5.56 Å². The third kappa shape index (κ3) is 3.00. The zero-order chi connectivity index (χ0) is 19.1. The molecule has 6 heteroatoms. The Morgan fingerprint density at radius 1 is 0.821 bits per heavy atom. The van der Waals surface area contributed by atoms with Crippen molar-refractivity contribution in [1.29, 1.82) is 0 Å². The van der Waals surface area contributed by atoms with E-state index in [1.807, 2.05) is 24.3 Å². The Kier molecular flexibility index (Phi) is 4.22. The lowest BCUT2D eigenvalue weighted by atomic mass is 10.1. The molecule has 0 radical (unpaired) electrons. The molecule has 4 nitrogen and oxygen atoms in total. The summed E-state index contributed by atoms with van der Waals surface area (Å²) in [5.74, 6) is 0.848. The van der Waals surface area contributed by atoms with Crippen LogP contribution in [0.4, 0.5) is 0 Å². The first-order chi connectivity index (χ1) is 13.7. The molecule has 0 fully saturated rings. The second kappa shape index (κ2) is 6.89. The van der Waals surface area contributed by atoms with Gasteiger partial charge in [-0.2, -0.15) is 0 Å². The molecule has 0 amide bonds. The van der Waals surface area contributed by atoms with Gasteiger partial charge in [0.15, 0.2) is 4.96 Å². The van der Waals surface area contributed by atoms with Crippen LogP contribution in [0, 0.1) is 6.92 Å². The number of aromatic nitrogens is 3. The molecule has 138 valence electrons. The first-order valence-corrected chi connectivity index (χ1v) is 10.6. The van der Waals surface area contributed by atoms with Crippen LogP contribution in [0.3, 0.4) is 0 Å². The molecule has 0 saturated heterocycles. The molecule has 3 heterocycles. The highest BCUT2D eigenvalue weighted by molar-refractivity contribution is 7.16. The van der Waals surface area contributed by atoms with Gasteiger partial charge >= 0.3 is 0 Å². The van der Waals surface area contributed by atoms with Crippen molar-refractivity contribution in [2.24, 2.45) is 0 Å². The molecule has 5 aromatic rings. The molecular weight excluding hydrogens is 386 g/mol. The van der Waals surface area contributed by atoms with Gasteiger partial charge in [0, 0.05) is 28.1 Å². The molecular formula is C22H17N3OS2. The molecule has 0 aliphatic rings. The summed E-state index contributed by atoms with van der Waals surface area (Å²) in [6.45, 7) is 2.09. The van der Waals surface area contributed by atoms with E-state index in [0.29, 0.717) is 0 Å². The number of benzene rings is 2. The highest BCUT2D eigenvalue weighted by atomic mass is 32.1. The molecule has 0 saturated carbocycles. The number of methoxy groups -OCH3 is 1. The third-order valence-electron chi connectivity index (χ3n) is 4.67. The van der Waals surface area contributed by atoms with E-state index in [-0.39, 0.29) is 0 Å². The highest BCUT2D eigenvalue weighted by Crippen LogP contribution is 2.33. The third-order valence-corrected chi connectivity index (χ3v) is 6.37. The van der Waals surface area contributed by atoms with Crippen molar-refractivity contribution < 1.29 is 4.74 Å². The second-order valence-corrected chi connectivity index (χ2v) is 8.23. The van der Waals surface area contributed by atoms with E-state index in [4.69, 9.17) is 14.7 Å². The smallest absolute Gasteiger partial charge is 0.194 e. The van der Waals surface area contributed by atoms with Crippen molar-refractivity contribution in [3.05, 3.63) is 71.1 Å². The minimum Gasteiger partial charge on any atom is -0.497 e. The monoisotopic (exact) mass is 403 g/mol. The van der Waals surface area contributed by atoms with Gasteiger partial charge in [-0.15, -0.1) is 22.7 Å². The van der Waals surface area contributed by atoms with E-state index in [1.165, 1.54) is 5.56 Å². The molecule has 0 bridgehead atoms. The second-order valence-electron chi connectivity index (χ2n) is 6.53. The van der Waals surface area contributed by atoms with Gasteiger partial charge in [0.25, 0.3) is 0 Å². The molecule has 5 rings (SSSR count). The molecule has 3 aromatic heterocycles. The largest absolute Gasteiger partial charge is 0.497 e. The van der Waals surface area contributed by atoms with E-state index in [2.05, 4.69) is 52.5 Å². The summed E-state index contributed by atoms with van der Waals surface area (Å²) in [4.78, 5) is 10.6. The lowest BCUT2D eigenvalue weighted by Gasteiger charge is -2.00. The number of ether oxygens (including phenoxy) is 1. The topological polar surface area (TPSA) is 39.4 Å². The van der Waals surface area contributed by atoms with Crippen LogP contribution in [0.15, 0.2) is 65.5 Å². The maximum atomic E-state index is 5.24. The summed E-state index contributed by atoms with van der Waals surface area (Å²) in [5, 5.41) is 5.21. The number of aryl methyl sites for hydroxylation is 1. The number of fused-ring (bicyclic) bond motifs is 1. The maximum absolute atomic E-state index is 5.24. The zero-order valence-electron chi connectivity index (χ0n) is 15.4. The van der Waals surface area contributed by atoms with Crippen molar-refractivity contribution >= 4 is 27.6 Å². The predicted molar refractivity (Wildman–Crippen MR) is 116 cm³/mol. The van der Waals surface area contributed by atoms with Crippen LogP contribution in [0.2, 0.25) is 0 Å². The molecule has 0 aliphatic heterocycles. The average Bonchev–Trinajstić information content (AvgIpc) is 3.44. The molecule has 0 aliphatic carbocycles. The summed E-state index contributed by atoms with van der Waals surface area (Å²) >= 11 is 3.29. The SMILES string of the molecule is COc1ccc(-c2csc(-c3csc4nc(-c5ccc(C)cc5)cn34)n2)cc1. The quantitative estimate of drug-likeness (QED) is 0.360. The van der Waals surface area contributed by atoms with Gasteiger partial charge in [-0.1, -0.05) is 29.8 Å². The molecule has 0 N–H and O–H groups in total. The first-order valence-electron chi connectivity index (χ1n) is 8.85. The standard InChI is InChI=1S/C22H17N3OS2/c1-14-3-5-15(6-4-14)18-11-25-20(13-28-22(25)24-18)21-23-19(12-27-21)16-7-9-17(26-2)10-8-16/h3-13H,1-2H3. The molecule has 0 atom stereocenters. The van der Waals surface area contributed by atoms with Crippen LogP contribution in [-0.2, 0) is 0 Å². The van der Waals surface area contributed by atoms with Crippen molar-refractivity contribution in [2.75, 3.05) is 7.11 Å². The Morgan fingerprint density at radius 3 is 2.29 bits per heavy atom. The van der Waals surface area contributed by atoms with Crippen molar-refractivity contribution in [1.82, 2.24) is 14.4 Å². The fourth-order valence-corrected chi connectivity index (χ4v) is 4.86. The number of rotatable bonds is 4. The van der Waals surface area contributed by atoms with Crippen molar-refractivity contribution in [3.63, 3.8) is 0 Å². The number of hydrogen-bond acceptors (Lipinski definition) is 5. The molecule has 2 aromatic carbocycles. The van der Waals surface area contributed by atoms with Crippen LogP contribution < -0.4 is 4.74 Å². The summed E-state index contributed by atoms with van der Waals surface area (Å²) in [6, 6.07) is 16.5. The van der Waals surface area contributed by atoms with E-state index in [9.17, 15) is 0 Å². The van der Waals surface area contributed by atoms with Gasteiger partial charge in [0.1, 0.15) is 10.8 Å². The number of imidazole rings is 1. The highest BCUT2D eigenvalue weighted by Gasteiger charge is 2.14. The lowest BCUT2D eigenvalue weighted by Crippen LogP contribution is -1.85. The summed E-state index contributed by atoms with van der Waals surface area (Å²) < 4.78 is 7.37. The minimum absolute atomic E-state index is 0.848. The Labute approximate surface area is 170 Å². The van der Waals surface area contributed by atoms with Gasteiger partial charge in [-0.25, -0.2) is 9.97 Å². The Balaban J connectivity index is 1.51. The number of nitrogens with zero attached hydrogens (tertiary/aromatic N) is 3. The summed E-state index contributed by atoms with van der Waals surface area (Å²) in [5.41, 5.74) is 6.50. The number of hydrogen-bond donors (Lipinski definition) is 0. The Bertz CT molecular complexity index is 1250. The predicted octanol–water partition coefficient (Wildman–Crippen LogP) is 6.17. The van der Waals surface area contributed by atoms with Crippen LogP contribution >= 0.6 is 22.7 Å². The lowest BCUT2D eigenvalue weighted by molar-refractivity contribution is 0.415. The van der Waals surface area contributed by atoms with E-state index >= 15 is 0 Å². The fourth-order valence-electron chi connectivity index (χ4n) is 3.09. The number of thiazole rings is 2. The average molecular weight is 404 g/mol. The Hall–Kier alpha value is -2.96. The van der Waals surface area contributed by atoms with Crippen molar-refractivity contribution in [2.45, 2.75) is 6.92 Å². The summed E-state index contributed by atoms with van der Waals surface area (Å²) in [7, 11) is 1.67. The van der Waals surface area contributed by atoms with Gasteiger partial charge in [-0.05, 0) is 31.2 Å². The van der Waals surface area contributed by atoms with Gasteiger partial charge in [0.05, 0.1) is 24.2 Å². The zero-order valence-corrected chi connectivity index (χ0v) is 17.1. The van der Waals surface area contributed by atoms with E-state index in [1.54, 1.807) is 29.8 Å². The van der Waals surface area contributed by atoms with Gasteiger partial charge in [-0.3, -0.25) is 4.40 Å². The van der Waals surface area contributed by atoms with Gasteiger partial charge in [0.2, 0.25) is 0 Å². The van der Waals surface area contributed by atoms with Crippen molar-refractivity contribution in [3.8, 4) is 39.0 Å². The normalized spacial score (nSPS) is 11.2. The van der Waals surface area contributed by atoms with E-state index in [0.717, 1.165) is 43.9 Å². The van der Waals surface area contributed by atoms with Gasteiger partial charge < -0.3 is 4.74 Å².